The molecule has 0 saturated heterocycles. The second-order valence-electron chi connectivity index (χ2n) is 4.93. The van der Waals surface area contributed by atoms with Gasteiger partial charge in [0.2, 0.25) is 5.89 Å². The molecular weight excluding hydrogens is 282 g/mol. The Bertz CT molecular complexity index is 731. The number of oxazole rings is 1. The Kier molecular flexibility index (Phi) is 4.29. The van der Waals surface area contributed by atoms with Gasteiger partial charge in [0.1, 0.15) is 12.9 Å². The van der Waals surface area contributed by atoms with Crippen molar-refractivity contribution in [3.63, 3.8) is 0 Å². The van der Waals surface area contributed by atoms with Crippen LogP contribution in [0.4, 0.5) is 0 Å². The molecule has 114 valence electrons. The molecule has 0 N–H and O–H groups in total. The van der Waals surface area contributed by atoms with E-state index in [0.717, 1.165) is 11.3 Å². The van der Waals surface area contributed by atoms with Crippen molar-refractivity contribution >= 4 is 0 Å². The number of rotatable bonds is 6. The van der Waals surface area contributed by atoms with Gasteiger partial charge in [-0.2, -0.15) is 4.98 Å². The minimum absolute atomic E-state index is 0.330. The Morgan fingerprint density at radius 3 is 2.73 bits per heavy atom. The second-order valence-corrected chi connectivity index (χ2v) is 4.93. The molecule has 0 spiro atoms. The van der Waals surface area contributed by atoms with E-state index in [2.05, 4.69) is 15.1 Å². The summed E-state index contributed by atoms with van der Waals surface area (Å²) in [6.07, 6.45) is 2.08. The van der Waals surface area contributed by atoms with Crippen LogP contribution in [-0.4, -0.2) is 21.7 Å². The van der Waals surface area contributed by atoms with E-state index in [1.165, 1.54) is 5.56 Å². The number of aryl methyl sites for hydroxylation is 1. The van der Waals surface area contributed by atoms with Gasteiger partial charge in [0.15, 0.2) is 5.82 Å². The topological polar surface area (TPSA) is 74.2 Å². The van der Waals surface area contributed by atoms with Gasteiger partial charge in [-0.1, -0.05) is 22.9 Å². The maximum absolute atomic E-state index is 5.51. The first-order chi connectivity index (χ1) is 10.7. The third-order valence-electron chi connectivity index (χ3n) is 3.13. The normalized spacial score (nSPS) is 11.0. The van der Waals surface area contributed by atoms with Crippen molar-refractivity contribution in [2.75, 3.05) is 6.61 Å². The molecule has 2 heterocycles. The quantitative estimate of drug-likeness (QED) is 0.696. The predicted molar refractivity (Wildman–Crippen MR) is 79.1 cm³/mol. The van der Waals surface area contributed by atoms with Gasteiger partial charge in [-0.05, 0) is 26.0 Å². The van der Waals surface area contributed by atoms with E-state index in [0.29, 0.717) is 37.2 Å². The number of ether oxygens (including phenoxy) is 1. The number of benzene rings is 1. The van der Waals surface area contributed by atoms with E-state index in [9.17, 15) is 0 Å². The summed E-state index contributed by atoms with van der Waals surface area (Å²) in [6, 6.07) is 8.02. The third kappa shape index (κ3) is 3.40. The van der Waals surface area contributed by atoms with Crippen LogP contribution < -0.4 is 0 Å². The molecule has 0 radical (unpaired) electrons. The van der Waals surface area contributed by atoms with E-state index in [1.54, 1.807) is 6.26 Å². The molecule has 0 aliphatic heterocycles. The van der Waals surface area contributed by atoms with Crippen molar-refractivity contribution in [2.45, 2.75) is 26.9 Å². The highest BCUT2D eigenvalue weighted by molar-refractivity contribution is 5.53. The van der Waals surface area contributed by atoms with E-state index in [1.807, 2.05) is 38.1 Å². The minimum Gasteiger partial charge on any atom is -0.444 e. The SMILES string of the molecule is CCOCc1nc(Cc2coc(-c3ccc(C)cc3)n2)no1. The highest BCUT2D eigenvalue weighted by Crippen LogP contribution is 2.20. The predicted octanol–water partition coefficient (Wildman–Crippen LogP) is 3.16. The van der Waals surface area contributed by atoms with Crippen LogP contribution in [-0.2, 0) is 17.8 Å². The number of nitrogens with zero attached hydrogens (tertiary/aromatic N) is 3. The smallest absolute Gasteiger partial charge is 0.252 e. The summed E-state index contributed by atoms with van der Waals surface area (Å²) in [5.41, 5.74) is 2.91. The van der Waals surface area contributed by atoms with E-state index in [4.69, 9.17) is 13.7 Å². The molecule has 0 bridgehead atoms. The lowest BCUT2D eigenvalue weighted by Crippen LogP contribution is -1.94. The molecule has 0 aliphatic rings. The zero-order valence-electron chi connectivity index (χ0n) is 12.6. The van der Waals surface area contributed by atoms with Crippen molar-refractivity contribution in [3.05, 3.63) is 53.5 Å². The lowest BCUT2D eigenvalue weighted by atomic mass is 10.1. The largest absolute Gasteiger partial charge is 0.444 e. The van der Waals surface area contributed by atoms with Crippen LogP contribution in [0.1, 0.15) is 29.9 Å². The zero-order valence-corrected chi connectivity index (χ0v) is 12.6. The zero-order chi connectivity index (χ0) is 15.4. The van der Waals surface area contributed by atoms with Gasteiger partial charge < -0.3 is 13.7 Å². The molecule has 0 atom stereocenters. The van der Waals surface area contributed by atoms with Gasteiger partial charge in [0, 0.05) is 12.2 Å². The summed E-state index contributed by atoms with van der Waals surface area (Å²) in [6.45, 7) is 4.90. The standard InChI is InChI=1S/C16H17N3O3/c1-3-20-10-15-18-14(19-22-15)8-13-9-21-16(17-13)12-6-4-11(2)5-7-12/h4-7,9H,3,8,10H2,1-2H3. The van der Waals surface area contributed by atoms with Crippen LogP contribution in [0.15, 0.2) is 39.5 Å². The summed E-state index contributed by atoms with van der Waals surface area (Å²) in [5.74, 6) is 1.63. The molecule has 6 heteroatoms. The van der Waals surface area contributed by atoms with Crippen LogP contribution >= 0.6 is 0 Å². The van der Waals surface area contributed by atoms with E-state index < -0.39 is 0 Å². The molecule has 0 unspecified atom stereocenters. The van der Waals surface area contributed by atoms with Crippen molar-refractivity contribution in [1.82, 2.24) is 15.1 Å². The maximum Gasteiger partial charge on any atom is 0.252 e. The maximum atomic E-state index is 5.51. The molecule has 22 heavy (non-hydrogen) atoms. The van der Waals surface area contributed by atoms with Crippen LogP contribution in [0, 0.1) is 6.92 Å². The Balaban J connectivity index is 1.69. The van der Waals surface area contributed by atoms with Crippen molar-refractivity contribution in [2.24, 2.45) is 0 Å². The molecule has 6 nitrogen and oxygen atoms in total. The van der Waals surface area contributed by atoms with Gasteiger partial charge in [0.25, 0.3) is 5.89 Å². The summed E-state index contributed by atoms with van der Waals surface area (Å²) in [4.78, 5) is 8.71. The summed E-state index contributed by atoms with van der Waals surface area (Å²) in [7, 11) is 0. The summed E-state index contributed by atoms with van der Waals surface area (Å²) < 4.78 is 15.8. The Hall–Kier alpha value is -2.47. The molecule has 3 rings (SSSR count). The van der Waals surface area contributed by atoms with Gasteiger partial charge in [0.05, 0.1) is 12.1 Å². The van der Waals surface area contributed by atoms with Gasteiger partial charge in [-0.3, -0.25) is 0 Å². The molecule has 0 amide bonds. The van der Waals surface area contributed by atoms with Crippen LogP contribution in [0.3, 0.4) is 0 Å². The molecular formula is C16H17N3O3. The van der Waals surface area contributed by atoms with Crippen molar-refractivity contribution < 1.29 is 13.7 Å². The first-order valence-corrected chi connectivity index (χ1v) is 7.15. The fraction of sp³-hybridized carbons (Fsp3) is 0.312. The first-order valence-electron chi connectivity index (χ1n) is 7.15. The van der Waals surface area contributed by atoms with E-state index >= 15 is 0 Å². The fourth-order valence-electron chi connectivity index (χ4n) is 1.99. The minimum atomic E-state index is 0.330. The average Bonchev–Trinajstić information content (AvgIpc) is 3.16. The van der Waals surface area contributed by atoms with Gasteiger partial charge >= 0.3 is 0 Å². The lowest BCUT2D eigenvalue weighted by Gasteiger charge is -1.95. The van der Waals surface area contributed by atoms with E-state index in [-0.39, 0.29) is 0 Å². The second kappa shape index (κ2) is 6.53. The van der Waals surface area contributed by atoms with Crippen molar-refractivity contribution in [3.8, 4) is 11.5 Å². The number of hydrogen-bond donors (Lipinski definition) is 0. The fourth-order valence-corrected chi connectivity index (χ4v) is 1.99. The first kappa shape index (κ1) is 14.5. The highest BCUT2D eigenvalue weighted by Gasteiger charge is 2.11. The molecule has 0 aliphatic carbocycles. The Labute approximate surface area is 128 Å². The number of aromatic nitrogens is 3. The molecule has 1 aromatic carbocycles. The average molecular weight is 299 g/mol. The Morgan fingerprint density at radius 1 is 1.14 bits per heavy atom. The molecule has 3 aromatic rings. The van der Waals surface area contributed by atoms with Crippen LogP contribution in [0.5, 0.6) is 0 Å². The molecule has 0 fully saturated rings. The third-order valence-corrected chi connectivity index (χ3v) is 3.13. The van der Waals surface area contributed by atoms with Crippen LogP contribution in [0.2, 0.25) is 0 Å². The van der Waals surface area contributed by atoms with Gasteiger partial charge in [-0.15, -0.1) is 0 Å². The summed E-state index contributed by atoms with van der Waals surface area (Å²) >= 11 is 0. The number of hydrogen-bond acceptors (Lipinski definition) is 6. The monoisotopic (exact) mass is 299 g/mol. The summed E-state index contributed by atoms with van der Waals surface area (Å²) in [5, 5.41) is 3.91. The Morgan fingerprint density at radius 2 is 1.95 bits per heavy atom. The van der Waals surface area contributed by atoms with Gasteiger partial charge in [-0.25, -0.2) is 4.98 Å². The lowest BCUT2D eigenvalue weighted by molar-refractivity contribution is 0.109. The van der Waals surface area contributed by atoms with Crippen molar-refractivity contribution in [1.29, 1.82) is 0 Å². The molecule has 2 aromatic heterocycles. The molecule has 0 saturated carbocycles. The highest BCUT2D eigenvalue weighted by atomic mass is 16.5. The van der Waals surface area contributed by atoms with Crippen LogP contribution in [0.25, 0.3) is 11.5 Å².